The number of hydrogen-bond acceptors (Lipinski definition) is 6. The Balaban J connectivity index is 2.85. The van der Waals surface area contributed by atoms with Gasteiger partial charge in [0, 0.05) is 4.88 Å². The Bertz CT molecular complexity index is 521. The number of ether oxygens (including phenoxy) is 1. The number of sulfonamides is 1. The third-order valence-corrected chi connectivity index (χ3v) is 4.06. The van der Waals surface area contributed by atoms with E-state index < -0.39 is 33.8 Å². The molecular weight excluding hydrogens is 282 g/mol. The van der Waals surface area contributed by atoms with Crippen LogP contribution in [0, 0.1) is 0 Å². The van der Waals surface area contributed by atoms with Crippen LogP contribution in [0.1, 0.15) is 10.9 Å². The molecule has 1 aromatic rings. The fourth-order valence-electron chi connectivity index (χ4n) is 1.12. The summed E-state index contributed by atoms with van der Waals surface area (Å²) >= 11 is 1.10. The van der Waals surface area contributed by atoms with Crippen LogP contribution in [0.4, 0.5) is 0 Å². The SMILES string of the molecule is COC(=O)CS(=O)(=O)NC(C(=O)O)c1cccs1. The summed E-state index contributed by atoms with van der Waals surface area (Å²) in [6, 6.07) is 1.69. The minimum absolute atomic E-state index is 0.330. The van der Waals surface area contributed by atoms with Gasteiger partial charge >= 0.3 is 11.9 Å². The molecule has 0 saturated carbocycles. The van der Waals surface area contributed by atoms with Crippen molar-refractivity contribution in [3.63, 3.8) is 0 Å². The summed E-state index contributed by atoms with van der Waals surface area (Å²) < 4.78 is 29.2. The lowest BCUT2D eigenvalue weighted by Gasteiger charge is -2.12. The first-order valence-corrected chi connectivity index (χ1v) is 7.22. The molecule has 1 unspecified atom stereocenters. The van der Waals surface area contributed by atoms with Crippen LogP contribution in [-0.2, 0) is 24.3 Å². The predicted octanol–water partition coefficient (Wildman–Crippen LogP) is -0.0338. The van der Waals surface area contributed by atoms with Gasteiger partial charge in [0.25, 0.3) is 0 Å². The molecule has 0 aliphatic carbocycles. The molecule has 0 amide bonds. The van der Waals surface area contributed by atoms with Crippen molar-refractivity contribution >= 4 is 33.3 Å². The Morgan fingerprint density at radius 1 is 1.56 bits per heavy atom. The van der Waals surface area contributed by atoms with E-state index >= 15 is 0 Å². The van der Waals surface area contributed by atoms with Gasteiger partial charge in [-0.25, -0.2) is 8.42 Å². The first-order valence-electron chi connectivity index (χ1n) is 4.69. The van der Waals surface area contributed by atoms with E-state index in [2.05, 4.69) is 4.74 Å². The van der Waals surface area contributed by atoms with E-state index in [-0.39, 0.29) is 0 Å². The van der Waals surface area contributed by atoms with Gasteiger partial charge in [-0.3, -0.25) is 9.59 Å². The van der Waals surface area contributed by atoms with Gasteiger partial charge in [-0.15, -0.1) is 11.3 Å². The van der Waals surface area contributed by atoms with Crippen molar-refractivity contribution in [1.82, 2.24) is 4.72 Å². The molecule has 0 bridgehead atoms. The molecule has 0 radical (unpaired) electrons. The fourth-order valence-corrected chi connectivity index (χ4v) is 3.06. The molecule has 100 valence electrons. The number of nitrogens with one attached hydrogen (secondary N) is 1. The van der Waals surface area contributed by atoms with Gasteiger partial charge in [0.05, 0.1) is 7.11 Å². The molecule has 2 N–H and O–H groups in total. The summed E-state index contributed by atoms with van der Waals surface area (Å²) in [6.07, 6.45) is 0. The molecule has 1 atom stereocenters. The highest BCUT2D eigenvalue weighted by Crippen LogP contribution is 2.20. The number of hydrogen-bond donors (Lipinski definition) is 2. The fraction of sp³-hybridized carbons (Fsp3) is 0.333. The number of carboxylic acids is 1. The lowest BCUT2D eigenvalue weighted by atomic mass is 10.3. The first kappa shape index (κ1) is 14.6. The molecule has 7 nitrogen and oxygen atoms in total. The Morgan fingerprint density at radius 3 is 2.67 bits per heavy atom. The standard InChI is InChI=1S/C9H11NO6S2/c1-16-7(11)5-18(14,15)10-8(9(12)13)6-3-2-4-17-6/h2-4,8,10H,5H2,1H3,(H,12,13). The summed E-state index contributed by atoms with van der Waals surface area (Å²) in [5, 5.41) is 10.6. The molecule has 0 aliphatic heterocycles. The van der Waals surface area contributed by atoms with Gasteiger partial charge in [-0.05, 0) is 11.4 Å². The van der Waals surface area contributed by atoms with Crippen molar-refractivity contribution in [3.8, 4) is 0 Å². The highest BCUT2D eigenvalue weighted by atomic mass is 32.2. The number of rotatable bonds is 6. The third kappa shape index (κ3) is 4.09. The molecule has 1 rings (SSSR count). The molecule has 18 heavy (non-hydrogen) atoms. The number of esters is 1. The van der Waals surface area contributed by atoms with Gasteiger partial charge in [-0.1, -0.05) is 6.07 Å². The molecule has 0 fully saturated rings. The first-order chi connectivity index (χ1) is 8.35. The van der Waals surface area contributed by atoms with E-state index in [1.54, 1.807) is 11.4 Å². The second kappa shape index (κ2) is 5.94. The molecule has 9 heteroatoms. The highest BCUT2D eigenvalue weighted by Gasteiger charge is 2.28. The van der Waals surface area contributed by atoms with Gasteiger partial charge in [-0.2, -0.15) is 4.72 Å². The smallest absolute Gasteiger partial charge is 0.327 e. The minimum Gasteiger partial charge on any atom is -0.480 e. The average molecular weight is 293 g/mol. The van der Waals surface area contributed by atoms with Crippen molar-refractivity contribution in [1.29, 1.82) is 0 Å². The lowest BCUT2D eigenvalue weighted by Crippen LogP contribution is -2.37. The van der Waals surface area contributed by atoms with Gasteiger partial charge in [0.1, 0.15) is 0 Å². The van der Waals surface area contributed by atoms with Crippen LogP contribution in [0.5, 0.6) is 0 Å². The van der Waals surface area contributed by atoms with Gasteiger partial charge in [0.15, 0.2) is 11.8 Å². The topological polar surface area (TPSA) is 110 Å². The second-order valence-corrected chi connectivity index (χ2v) is 5.97. The number of aliphatic carboxylic acids is 1. The molecule has 1 heterocycles. The van der Waals surface area contributed by atoms with Gasteiger partial charge in [0.2, 0.25) is 10.0 Å². The zero-order valence-electron chi connectivity index (χ0n) is 9.32. The van der Waals surface area contributed by atoms with Crippen molar-refractivity contribution in [3.05, 3.63) is 22.4 Å². The number of carbonyl (C=O) groups excluding carboxylic acids is 1. The number of carbonyl (C=O) groups is 2. The molecule has 0 aliphatic rings. The van der Waals surface area contributed by atoms with E-state index in [1.165, 1.54) is 6.07 Å². The Labute approximate surface area is 107 Å². The van der Waals surface area contributed by atoms with Gasteiger partial charge < -0.3 is 9.84 Å². The van der Waals surface area contributed by atoms with E-state index in [0.717, 1.165) is 18.4 Å². The zero-order valence-corrected chi connectivity index (χ0v) is 11.0. The largest absolute Gasteiger partial charge is 0.480 e. The van der Waals surface area contributed by atoms with Crippen molar-refractivity contribution in [2.24, 2.45) is 0 Å². The highest BCUT2D eigenvalue weighted by molar-refractivity contribution is 7.90. The summed E-state index contributed by atoms with van der Waals surface area (Å²) in [5.74, 6) is -3.22. The molecular formula is C9H11NO6S2. The van der Waals surface area contributed by atoms with Crippen LogP contribution in [-0.4, -0.2) is 38.3 Å². The number of carboxylic acid groups (broad SMARTS) is 1. The van der Waals surface area contributed by atoms with Crippen molar-refractivity contribution in [2.45, 2.75) is 6.04 Å². The second-order valence-electron chi connectivity index (χ2n) is 3.24. The van der Waals surface area contributed by atoms with E-state index in [0.29, 0.717) is 4.88 Å². The molecule has 0 saturated heterocycles. The normalized spacial score (nSPS) is 12.9. The van der Waals surface area contributed by atoms with Crippen LogP contribution in [0.2, 0.25) is 0 Å². The summed E-state index contributed by atoms with van der Waals surface area (Å²) in [6.45, 7) is 0. The monoisotopic (exact) mass is 293 g/mol. The van der Waals surface area contributed by atoms with Crippen molar-refractivity contribution < 1.29 is 27.9 Å². The predicted molar refractivity (Wildman–Crippen MR) is 63.6 cm³/mol. The van der Waals surface area contributed by atoms with Crippen molar-refractivity contribution in [2.75, 3.05) is 12.9 Å². The molecule has 0 spiro atoms. The third-order valence-electron chi connectivity index (χ3n) is 1.91. The Kier molecular flexibility index (Phi) is 4.82. The quantitative estimate of drug-likeness (QED) is 0.712. The minimum atomic E-state index is -4.06. The molecule has 1 aromatic heterocycles. The maximum absolute atomic E-state index is 11.5. The van der Waals surface area contributed by atoms with E-state index in [9.17, 15) is 18.0 Å². The Hall–Kier alpha value is -1.45. The maximum Gasteiger partial charge on any atom is 0.327 e. The summed E-state index contributed by atoms with van der Waals surface area (Å²) in [5.41, 5.74) is 0. The zero-order chi connectivity index (χ0) is 13.8. The van der Waals surface area contributed by atoms with E-state index in [4.69, 9.17) is 5.11 Å². The van der Waals surface area contributed by atoms with Crippen LogP contribution in [0.25, 0.3) is 0 Å². The maximum atomic E-state index is 11.5. The summed E-state index contributed by atoms with van der Waals surface area (Å²) in [7, 11) is -3.01. The lowest BCUT2D eigenvalue weighted by molar-refractivity contribution is -0.139. The van der Waals surface area contributed by atoms with Crippen LogP contribution >= 0.6 is 11.3 Å². The van der Waals surface area contributed by atoms with Crippen LogP contribution in [0.15, 0.2) is 17.5 Å². The van der Waals surface area contributed by atoms with Crippen LogP contribution in [0.3, 0.4) is 0 Å². The van der Waals surface area contributed by atoms with E-state index in [1.807, 2.05) is 4.72 Å². The van der Waals surface area contributed by atoms with Crippen LogP contribution < -0.4 is 4.72 Å². The Morgan fingerprint density at radius 2 is 2.22 bits per heavy atom. The average Bonchev–Trinajstić information content (AvgIpc) is 2.78. The number of thiophene rings is 1. The number of methoxy groups -OCH3 is 1. The molecule has 0 aromatic carbocycles. The summed E-state index contributed by atoms with van der Waals surface area (Å²) in [4.78, 5) is 22.2.